The van der Waals surface area contributed by atoms with E-state index in [2.05, 4.69) is 27.3 Å². The number of nitrogens with zero attached hydrogens (tertiary/aromatic N) is 4. The minimum Gasteiger partial charge on any atom is -0.367 e. The molecular weight excluding hydrogens is 326 g/mol. The summed E-state index contributed by atoms with van der Waals surface area (Å²) in [5.74, 6) is 1.56. The maximum absolute atomic E-state index is 12.8. The van der Waals surface area contributed by atoms with Crippen LogP contribution in [0.4, 0.5) is 11.6 Å². The van der Waals surface area contributed by atoms with E-state index in [0.717, 1.165) is 63.6 Å². The van der Waals surface area contributed by atoms with Gasteiger partial charge in [-0.1, -0.05) is 30.3 Å². The molecule has 6 nitrogen and oxygen atoms in total. The number of fused-ring (bicyclic) bond motifs is 1. The van der Waals surface area contributed by atoms with Crippen molar-refractivity contribution in [2.24, 2.45) is 0 Å². The molecule has 0 bridgehead atoms. The first-order valence-electron chi connectivity index (χ1n) is 9.50. The quantitative estimate of drug-likeness (QED) is 0.921. The van der Waals surface area contributed by atoms with Crippen molar-refractivity contribution in [2.75, 3.05) is 36.4 Å². The zero-order valence-electron chi connectivity index (χ0n) is 15.0. The van der Waals surface area contributed by atoms with Gasteiger partial charge in [0.2, 0.25) is 0 Å². The van der Waals surface area contributed by atoms with E-state index in [1.165, 1.54) is 12.0 Å². The highest BCUT2D eigenvalue weighted by atomic mass is 16.2. The van der Waals surface area contributed by atoms with E-state index in [4.69, 9.17) is 4.98 Å². The van der Waals surface area contributed by atoms with Crippen LogP contribution in [-0.2, 0) is 6.54 Å². The molecule has 0 spiro atoms. The Kier molecular flexibility index (Phi) is 5.00. The standard InChI is InChI=1S/C20H25N5O/c26-20(24-11-5-2-6-12-24)17-14-22-18-19(23-17)25(13-7-10-21-18)15-16-8-3-1-4-9-16/h1,3-4,8-9,14H,2,5-7,10-13,15H2,(H,21,22). The first kappa shape index (κ1) is 16.8. The molecule has 2 aliphatic heterocycles. The molecule has 0 atom stereocenters. The largest absolute Gasteiger partial charge is 0.367 e. The average molecular weight is 351 g/mol. The Morgan fingerprint density at radius 2 is 1.85 bits per heavy atom. The lowest BCUT2D eigenvalue weighted by molar-refractivity contribution is 0.0718. The Balaban J connectivity index is 1.61. The van der Waals surface area contributed by atoms with Crippen molar-refractivity contribution >= 4 is 17.5 Å². The Morgan fingerprint density at radius 3 is 2.65 bits per heavy atom. The molecule has 26 heavy (non-hydrogen) atoms. The van der Waals surface area contributed by atoms with Gasteiger partial charge in [0, 0.05) is 32.7 Å². The second-order valence-electron chi connectivity index (χ2n) is 6.97. The third kappa shape index (κ3) is 3.64. The van der Waals surface area contributed by atoms with Crippen molar-refractivity contribution in [3.63, 3.8) is 0 Å². The summed E-state index contributed by atoms with van der Waals surface area (Å²) in [5.41, 5.74) is 1.68. The lowest BCUT2D eigenvalue weighted by Gasteiger charge is -2.27. The number of benzene rings is 1. The molecule has 136 valence electrons. The van der Waals surface area contributed by atoms with Crippen LogP contribution in [0.2, 0.25) is 0 Å². The lowest BCUT2D eigenvalue weighted by atomic mass is 10.1. The summed E-state index contributed by atoms with van der Waals surface area (Å²) in [4.78, 5) is 26.2. The maximum atomic E-state index is 12.8. The first-order valence-corrected chi connectivity index (χ1v) is 9.50. The number of likely N-dealkylation sites (tertiary alicyclic amines) is 1. The van der Waals surface area contributed by atoms with Gasteiger partial charge in [-0.25, -0.2) is 9.97 Å². The number of anilines is 2. The molecule has 0 aliphatic carbocycles. The predicted molar refractivity (Wildman–Crippen MR) is 102 cm³/mol. The van der Waals surface area contributed by atoms with Crippen LogP contribution in [0.3, 0.4) is 0 Å². The van der Waals surface area contributed by atoms with Crippen LogP contribution in [0.15, 0.2) is 36.5 Å². The summed E-state index contributed by atoms with van der Waals surface area (Å²) in [6, 6.07) is 10.4. The van der Waals surface area contributed by atoms with Gasteiger partial charge in [0.1, 0.15) is 5.69 Å². The number of piperidine rings is 1. The zero-order chi connectivity index (χ0) is 17.8. The number of carbonyl (C=O) groups is 1. The van der Waals surface area contributed by atoms with Crippen molar-refractivity contribution in [2.45, 2.75) is 32.2 Å². The number of hydrogen-bond acceptors (Lipinski definition) is 5. The van der Waals surface area contributed by atoms with Crippen molar-refractivity contribution in [3.8, 4) is 0 Å². The minimum absolute atomic E-state index is 0.00362. The molecule has 1 aromatic heterocycles. The highest BCUT2D eigenvalue weighted by Gasteiger charge is 2.24. The number of hydrogen-bond donors (Lipinski definition) is 1. The maximum Gasteiger partial charge on any atom is 0.274 e. The molecular formula is C20H25N5O. The van der Waals surface area contributed by atoms with E-state index in [1.807, 2.05) is 23.1 Å². The summed E-state index contributed by atoms with van der Waals surface area (Å²) in [6.45, 7) is 4.18. The van der Waals surface area contributed by atoms with Gasteiger partial charge in [-0.05, 0) is 31.2 Å². The van der Waals surface area contributed by atoms with Crippen molar-refractivity contribution in [1.82, 2.24) is 14.9 Å². The number of aromatic nitrogens is 2. The third-order valence-electron chi connectivity index (χ3n) is 5.03. The Bertz CT molecular complexity index is 758. The smallest absolute Gasteiger partial charge is 0.274 e. The van der Waals surface area contributed by atoms with E-state index in [9.17, 15) is 4.79 Å². The molecule has 3 heterocycles. The molecule has 2 aromatic rings. The van der Waals surface area contributed by atoms with Crippen LogP contribution in [0.5, 0.6) is 0 Å². The van der Waals surface area contributed by atoms with Gasteiger partial charge < -0.3 is 15.1 Å². The first-order chi connectivity index (χ1) is 12.8. The Morgan fingerprint density at radius 1 is 1.04 bits per heavy atom. The van der Waals surface area contributed by atoms with Gasteiger partial charge in [0.25, 0.3) is 5.91 Å². The summed E-state index contributed by atoms with van der Waals surface area (Å²) in [6.07, 6.45) is 5.99. The SMILES string of the molecule is O=C(c1cnc2c(n1)N(Cc1ccccc1)CCCN2)N1CCCCC1. The Hall–Kier alpha value is -2.63. The molecule has 1 N–H and O–H groups in total. The molecule has 6 heteroatoms. The van der Waals surface area contributed by atoms with Crippen LogP contribution in [0, 0.1) is 0 Å². The van der Waals surface area contributed by atoms with Gasteiger partial charge in [0.15, 0.2) is 11.6 Å². The second-order valence-corrected chi connectivity index (χ2v) is 6.97. The molecule has 1 fully saturated rings. The fourth-order valence-electron chi connectivity index (χ4n) is 3.63. The lowest BCUT2D eigenvalue weighted by Crippen LogP contribution is -2.36. The van der Waals surface area contributed by atoms with Gasteiger partial charge in [-0.3, -0.25) is 4.79 Å². The average Bonchev–Trinajstić information content (AvgIpc) is 2.91. The predicted octanol–water partition coefficient (Wildman–Crippen LogP) is 2.92. The van der Waals surface area contributed by atoms with Crippen molar-refractivity contribution in [1.29, 1.82) is 0 Å². The number of amides is 1. The Labute approximate surface area is 154 Å². The fraction of sp³-hybridized carbons (Fsp3) is 0.450. The van der Waals surface area contributed by atoms with E-state index in [1.54, 1.807) is 6.20 Å². The third-order valence-corrected chi connectivity index (χ3v) is 5.03. The number of nitrogens with one attached hydrogen (secondary N) is 1. The van der Waals surface area contributed by atoms with E-state index < -0.39 is 0 Å². The van der Waals surface area contributed by atoms with Crippen LogP contribution < -0.4 is 10.2 Å². The molecule has 0 saturated carbocycles. The summed E-state index contributed by atoms with van der Waals surface area (Å²) < 4.78 is 0. The number of rotatable bonds is 3. The summed E-state index contributed by atoms with van der Waals surface area (Å²) in [7, 11) is 0. The van der Waals surface area contributed by atoms with Gasteiger partial charge in [-0.2, -0.15) is 0 Å². The van der Waals surface area contributed by atoms with Crippen LogP contribution >= 0.6 is 0 Å². The molecule has 4 rings (SSSR count). The topological polar surface area (TPSA) is 61.4 Å². The fourth-order valence-corrected chi connectivity index (χ4v) is 3.63. The summed E-state index contributed by atoms with van der Waals surface area (Å²) in [5, 5.41) is 3.35. The zero-order valence-corrected chi connectivity index (χ0v) is 15.0. The molecule has 0 unspecified atom stereocenters. The van der Waals surface area contributed by atoms with Gasteiger partial charge in [-0.15, -0.1) is 0 Å². The van der Waals surface area contributed by atoms with Crippen LogP contribution in [0.1, 0.15) is 41.7 Å². The summed E-state index contributed by atoms with van der Waals surface area (Å²) >= 11 is 0. The molecule has 1 aromatic carbocycles. The molecule has 0 radical (unpaired) electrons. The molecule has 2 aliphatic rings. The van der Waals surface area contributed by atoms with Gasteiger partial charge in [0.05, 0.1) is 6.20 Å². The molecule has 1 amide bonds. The van der Waals surface area contributed by atoms with Crippen molar-refractivity contribution in [3.05, 3.63) is 47.8 Å². The second kappa shape index (κ2) is 7.72. The van der Waals surface area contributed by atoms with Crippen molar-refractivity contribution < 1.29 is 4.79 Å². The van der Waals surface area contributed by atoms with E-state index in [0.29, 0.717) is 5.69 Å². The normalized spacial score (nSPS) is 17.2. The molecule has 1 saturated heterocycles. The monoisotopic (exact) mass is 351 g/mol. The van der Waals surface area contributed by atoms with Crippen LogP contribution in [0.25, 0.3) is 0 Å². The van der Waals surface area contributed by atoms with Crippen LogP contribution in [-0.4, -0.2) is 47.0 Å². The van der Waals surface area contributed by atoms with E-state index in [-0.39, 0.29) is 5.91 Å². The van der Waals surface area contributed by atoms with Gasteiger partial charge >= 0.3 is 0 Å². The minimum atomic E-state index is 0.00362. The highest BCUT2D eigenvalue weighted by Crippen LogP contribution is 2.26. The van der Waals surface area contributed by atoms with E-state index >= 15 is 0 Å². The number of carbonyl (C=O) groups excluding carboxylic acids is 1. The highest BCUT2D eigenvalue weighted by molar-refractivity contribution is 5.93.